The van der Waals surface area contributed by atoms with Crippen LogP contribution in [0.2, 0.25) is 0 Å². The smallest absolute Gasteiger partial charge is 0.416 e. The number of halogens is 4. The molecular formula is C14H9F4NO2. The number of hydrogen-bond acceptors (Lipinski definition) is 3. The normalized spacial score (nSPS) is 11.3. The first-order chi connectivity index (χ1) is 9.85. The van der Waals surface area contributed by atoms with E-state index in [0.29, 0.717) is 6.07 Å². The SMILES string of the molecule is COc1cc(-c2cc(C=O)cc(C(F)(F)F)c2)c(F)cn1. The Morgan fingerprint density at radius 2 is 1.90 bits per heavy atom. The number of carbonyl (C=O) groups is 1. The van der Waals surface area contributed by atoms with Gasteiger partial charge in [-0.25, -0.2) is 9.37 Å². The van der Waals surface area contributed by atoms with Gasteiger partial charge in [-0.3, -0.25) is 4.79 Å². The lowest BCUT2D eigenvalue weighted by Crippen LogP contribution is -2.06. The van der Waals surface area contributed by atoms with Crippen molar-refractivity contribution < 1.29 is 27.1 Å². The molecule has 0 spiro atoms. The van der Waals surface area contributed by atoms with Gasteiger partial charge in [0.2, 0.25) is 5.88 Å². The molecule has 0 saturated carbocycles. The van der Waals surface area contributed by atoms with Crippen molar-refractivity contribution in [3.8, 4) is 17.0 Å². The fourth-order valence-corrected chi connectivity index (χ4v) is 1.79. The summed E-state index contributed by atoms with van der Waals surface area (Å²) in [6, 6.07) is 3.80. The number of aromatic nitrogens is 1. The van der Waals surface area contributed by atoms with Gasteiger partial charge in [0.15, 0.2) is 0 Å². The molecule has 7 heteroatoms. The Morgan fingerprint density at radius 3 is 2.48 bits per heavy atom. The highest BCUT2D eigenvalue weighted by Crippen LogP contribution is 2.34. The number of benzene rings is 1. The summed E-state index contributed by atoms with van der Waals surface area (Å²) in [5, 5.41) is 0. The third-order valence-electron chi connectivity index (χ3n) is 2.77. The number of ether oxygens (including phenoxy) is 1. The van der Waals surface area contributed by atoms with Crippen molar-refractivity contribution in [2.75, 3.05) is 7.11 Å². The number of rotatable bonds is 3. The maximum absolute atomic E-state index is 13.8. The molecule has 0 aliphatic heterocycles. The van der Waals surface area contributed by atoms with Crippen LogP contribution in [0, 0.1) is 5.82 Å². The molecule has 0 unspecified atom stereocenters. The Morgan fingerprint density at radius 1 is 1.19 bits per heavy atom. The van der Waals surface area contributed by atoms with E-state index in [2.05, 4.69) is 4.98 Å². The third kappa shape index (κ3) is 3.18. The minimum atomic E-state index is -4.64. The van der Waals surface area contributed by atoms with Gasteiger partial charge < -0.3 is 4.74 Å². The van der Waals surface area contributed by atoms with Crippen molar-refractivity contribution in [1.29, 1.82) is 0 Å². The molecule has 2 rings (SSSR count). The lowest BCUT2D eigenvalue weighted by molar-refractivity contribution is -0.137. The van der Waals surface area contributed by atoms with Crippen LogP contribution < -0.4 is 4.74 Å². The lowest BCUT2D eigenvalue weighted by Gasteiger charge is -2.11. The highest BCUT2D eigenvalue weighted by atomic mass is 19.4. The topological polar surface area (TPSA) is 39.2 Å². The molecule has 0 aliphatic rings. The first kappa shape index (κ1) is 15.0. The van der Waals surface area contributed by atoms with Gasteiger partial charge in [-0.2, -0.15) is 13.2 Å². The Labute approximate surface area is 117 Å². The van der Waals surface area contributed by atoms with Gasteiger partial charge in [0.25, 0.3) is 0 Å². The Hall–Kier alpha value is -2.44. The second kappa shape index (κ2) is 5.51. The van der Waals surface area contributed by atoms with Crippen molar-refractivity contribution in [2.24, 2.45) is 0 Å². The summed E-state index contributed by atoms with van der Waals surface area (Å²) >= 11 is 0. The number of alkyl halides is 3. The summed E-state index contributed by atoms with van der Waals surface area (Å²) in [5.41, 5.74) is -1.44. The Kier molecular flexibility index (Phi) is 3.93. The van der Waals surface area contributed by atoms with E-state index in [0.717, 1.165) is 12.3 Å². The number of hydrogen-bond donors (Lipinski definition) is 0. The monoisotopic (exact) mass is 299 g/mol. The summed E-state index contributed by atoms with van der Waals surface area (Å²) < 4.78 is 57.0. The van der Waals surface area contributed by atoms with E-state index in [1.165, 1.54) is 19.2 Å². The molecule has 0 atom stereocenters. The van der Waals surface area contributed by atoms with E-state index in [9.17, 15) is 22.4 Å². The van der Waals surface area contributed by atoms with Crippen molar-refractivity contribution >= 4 is 6.29 Å². The molecule has 21 heavy (non-hydrogen) atoms. The van der Waals surface area contributed by atoms with Crippen LogP contribution in [0.25, 0.3) is 11.1 Å². The highest BCUT2D eigenvalue weighted by Gasteiger charge is 2.31. The van der Waals surface area contributed by atoms with E-state index >= 15 is 0 Å². The van der Waals surface area contributed by atoms with Crippen LogP contribution in [0.4, 0.5) is 17.6 Å². The molecule has 0 aliphatic carbocycles. The first-order valence-corrected chi connectivity index (χ1v) is 5.72. The van der Waals surface area contributed by atoms with Gasteiger partial charge in [0.1, 0.15) is 12.1 Å². The zero-order chi connectivity index (χ0) is 15.6. The molecular weight excluding hydrogens is 290 g/mol. The molecule has 1 aromatic heterocycles. The van der Waals surface area contributed by atoms with Crippen LogP contribution in [0.15, 0.2) is 30.5 Å². The lowest BCUT2D eigenvalue weighted by atomic mass is 10.00. The van der Waals surface area contributed by atoms with Crippen molar-refractivity contribution in [3.63, 3.8) is 0 Å². The van der Waals surface area contributed by atoms with E-state index in [4.69, 9.17) is 4.74 Å². The van der Waals surface area contributed by atoms with Crippen LogP contribution in [0.5, 0.6) is 5.88 Å². The summed E-state index contributed by atoms with van der Waals surface area (Å²) in [5.74, 6) is -0.761. The molecule has 110 valence electrons. The van der Waals surface area contributed by atoms with Gasteiger partial charge >= 0.3 is 6.18 Å². The van der Waals surface area contributed by atoms with Gasteiger partial charge in [-0.1, -0.05) is 0 Å². The molecule has 3 nitrogen and oxygen atoms in total. The van der Waals surface area contributed by atoms with Crippen LogP contribution in [-0.2, 0) is 6.18 Å². The van der Waals surface area contributed by atoms with E-state index in [-0.39, 0.29) is 28.9 Å². The van der Waals surface area contributed by atoms with Crippen molar-refractivity contribution in [1.82, 2.24) is 4.98 Å². The van der Waals surface area contributed by atoms with Gasteiger partial charge in [-0.15, -0.1) is 0 Å². The summed E-state index contributed by atoms with van der Waals surface area (Å²) in [6.07, 6.45) is -3.52. The molecule has 0 bridgehead atoms. The molecule has 0 saturated heterocycles. The molecule has 0 fully saturated rings. The highest BCUT2D eigenvalue weighted by molar-refractivity contribution is 5.80. The average molecular weight is 299 g/mol. The summed E-state index contributed by atoms with van der Waals surface area (Å²) in [6.45, 7) is 0. The Balaban J connectivity index is 2.66. The van der Waals surface area contributed by atoms with E-state index in [1.54, 1.807) is 0 Å². The molecule has 1 aromatic carbocycles. The van der Waals surface area contributed by atoms with Crippen molar-refractivity contribution in [2.45, 2.75) is 6.18 Å². The number of methoxy groups -OCH3 is 1. The average Bonchev–Trinajstić information content (AvgIpc) is 2.46. The molecule has 0 N–H and O–H groups in total. The molecule has 1 heterocycles. The molecule has 2 aromatic rings. The summed E-state index contributed by atoms with van der Waals surface area (Å²) in [7, 11) is 1.30. The fraction of sp³-hybridized carbons (Fsp3) is 0.143. The van der Waals surface area contributed by atoms with Crippen LogP contribution in [-0.4, -0.2) is 18.4 Å². The number of aldehydes is 1. The van der Waals surface area contributed by atoms with Crippen LogP contribution >= 0.6 is 0 Å². The maximum Gasteiger partial charge on any atom is 0.416 e. The maximum atomic E-state index is 13.8. The van der Waals surface area contributed by atoms with Crippen molar-refractivity contribution in [3.05, 3.63) is 47.4 Å². The zero-order valence-corrected chi connectivity index (χ0v) is 10.7. The summed E-state index contributed by atoms with van der Waals surface area (Å²) in [4.78, 5) is 14.4. The van der Waals surface area contributed by atoms with Gasteiger partial charge in [-0.05, 0) is 23.8 Å². The Bertz CT molecular complexity index is 683. The standard InChI is InChI=1S/C14H9F4NO2/c1-21-13-5-11(12(15)6-19-13)9-2-8(7-20)3-10(4-9)14(16,17)18/h2-7H,1H3. The minimum absolute atomic E-state index is 0.0523. The fourth-order valence-electron chi connectivity index (χ4n) is 1.79. The quantitative estimate of drug-likeness (QED) is 0.640. The number of carbonyl (C=O) groups excluding carboxylic acids is 1. The third-order valence-corrected chi connectivity index (χ3v) is 2.77. The predicted molar refractivity (Wildman–Crippen MR) is 66.6 cm³/mol. The minimum Gasteiger partial charge on any atom is -0.481 e. The zero-order valence-electron chi connectivity index (χ0n) is 10.7. The predicted octanol–water partition coefficient (Wildman–Crippen LogP) is 3.73. The largest absolute Gasteiger partial charge is 0.481 e. The second-order valence-corrected chi connectivity index (χ2v) is 4.17. The van der Waals surface area contributed by atoms with E-state index < -0.39 is 17.6 Å². The first-order valence-electron chi connectivity index (χ1n) is 5.72. The second-order valence-electron chi connectivity index (χ2n) is 4.17. The number of pyridine rings is 1. The molecule has 0 radical (unpaired) electrons. The van der Waals surface area contributed by atoms with E-state index in [1.807, 2.05) is 0 Å². The van der Waals surface area contributed by atoms with Gasteiger partial charge in [0.05, 0.1) is 18.9 Å². The van der Waals surface area contributed by atoms with Crippen LogP contribution in [0.1, 0.15) is 15.9 Å². The number of nitrogens with zero attached hydrogens (tertiary/aromatic N) is 1. The molecule has 0 amide bonds. The van der Waals surface area contributed by atoms with Gasteiger partial charge in [0, 0.05) is 17.2 Å². The van der Waals surface area contributed by atoms with Crippen LogP contribution in [0.3, 0.4) is 0 Å².